The lowest BCUT2D eigenvalue weighted by Crippen LogP contribution is -2.29. The number of halogens is 2. The molecular weight excluding hydrogens is 363 g/mol. The van der Waals surface area contributed by atoms with Crippen LogP contribution in [0, 0.1) is 5.82 Å². The Bertz CT molecular complexity index is 922. The highest BCUT2D eigenvalue weighted by Gasteiger charge is 2.27. The largest absolute Gasteiger partial charge is 0.497 e. The molecule has 3 nitrogen and oxygen atoms in total. The average molecular weight is 385 g/mol. The van der Waals surface area contributed by atoms with Gasteiger partial charge >= 0.3 is 0 Å². The molecule has 0 unspecified atom stereocenters. The van der Waals surface area contributed by atoms with Gasteiger partial charge in [-0.1, -0.05) is 29.8 Å². The van der Waals surface area contributed by atoms with E-state index in [-0.39, 0.29) is 16.9 Å². The molecule has 0 spiro atoms. The van der Waals surface area contributed by atoms with Gasteiger partial charge in [-0.05, 0) is 53.9 Å². The summed E-state index contributed by atoms with van der Waals surface area (Å²) < 4.78 is 21.2. The molecule has 5 heteroatoms. The molecule has 0 N–H and O–H groups in total. The molecular formula is C22H22ClFN2O. The molecule has 2 aromatic carbocycles. The van der Waals surface area contributed by atoms with E-state index in [1.165, 1.54) is 17.3 Å². The van der Waals surface area contributed by atoms with E-state index in [2.05, 4.69) is 39.9 Å². The second-order valence-corrected chi connectivity index (χ2v) is 7.28. The summed E-state index contributed by atoms with van der Waals surface area (Å²) in [5.74, 6) is 0.469. The standard InChI is InChI=1S/C22H22ClFN2O/c1-27-18-8-6-17(7-9-18)22-21-4-2-11-25(21)12-3-13-26(22)15-16-5-10-20(24)19(23)14-16/h2,4-11,14,22H,3,12-13,15H2,1H3/t22-/m0/s1. The van der Waals surface area contributed by atoms with Gasteiger partial charge in [0.15, 0.2) is 0 Å². The number of fused-ring (bicyclic) bond motifs is 1. The van der Waals surface area contributed by atoms with Gasteiger partial charge < -0.3 is 9.30 Å². The number of rotatable bonds is 4. The van der Waals surface area contributed by atoms with Gasteiger partial charge in [-0.25, -0.2) is 4.39 Å². The Balaban J connectivity index is 1.71. The molecule has 1 atom stereocenters. The van der Waals surface area contributed by atoms with Gasteiger partial charge in [-0.3, -0.25) is 4.90 Å². The van der Waals surface area contributed by atoms with Crippen molar-refractivity contribution in [2.24, 2.45) is 0 Å². The number of methoxy groups -OCH3 is 1. The number of hydrogen-bond donors (Lipinski definition) is 0. The van der Waals surface area contributed by atoms with Gasteiger partial charge in [0.25, 0.3) is 0 Å². The number of benzene rings is 2. The molecule has 1 aromatic heterocycles. The lowest BCUT2D eigenvalue weighted by molar-refractivity contribution is 0.220. The van der Waals surface area contributed by atoms with Crippen molar-refractivity contribution in [3.05, 3.63) is 88.5 Å². The van der Waals surface area contributed by atoms with Crippen molar-refractivity contribution in [2.75, 3.05) is 13.7 Å². The molecule has 0 amide bonds. The molecule has 0 fully saturated rings. The monoisotopic (exact) mass is 384 g/mol. The highest BCUT2D eigenvalue weighted by molar-refractivity contribution is 6.30. The maximum Gasteiger partial charge on any atom is 0.141 e. The van der Waals surface area contributed by atoms with Crippen molar-refractivity contribution in [1.29, 1.82) is 0 Å². The third-order valence-electron chi connectivity index (χ3n) is 5.16. The predicted molar refractivity (Wildman–Crippen MR) is 106 cm³/mol. The Hall–Kier alpha value is -2.30. The summed E-state index contributed by atoms with van der Waals surface area (Å²) >= 11 is 6.00. The second-order valence-electron chi connectivity index (χ2n) is 6.87. The zero-order chi connectivity index (χ0) is 18.8. The smallest absolute Gasteiger partial charge is 0.141 e. The normalized spacial score (nSPS) is 17.4. The molecule has 2 heterocycles. The molecule has 0 bridgehead atoms. The van der Waals surface area contributed by atoms with E-state index in [0.717, 1.165) is 30.8 Å². The maximum absolute atomic E-state index is 13.6. The van der Waals surface area contributed by atoms with Crippen LogP contribution < -0.4 is 4.74 Å². The first-order valence-electron chi connectivity index (χ1n) is 9.12. The quantitative estimate of drug-likeness (QED) is 0.608. The topological polar surface area (TPSA) is 17.4 Å². The zero-order valence-corrected chi connectivity index (χ0v) is 16.0. The van der Waals surface area contributed by atoms with Crippen LogP contribution in [-0.2, 0) is 13.1 Å². The van der Waals surface area contributed by atoms with Crippen LogP contribution in [0.1, 0.15) is 29.3 Å². The average Bonchev–Trinajstić information content (AvgIpc) is 3.06. The van der Waals surface area contributed by atoms with Crippen LogP contribution in [0.3, 0.4) is 0 Å². The second kappa shape index (κ2) is 7.75. The molecule has 27 heavy (non-hydrogen) atoms. The summed E-state index contributed by atoms with van der Waals surface area (Å²) in [7, 11) is 1.68. The molecule has 1 aliphatic rings. The van der Waals surface area contributed by atoms with Crippen molar-refractivity contribution in [3.63, 3.8) is 0 Å². The van der Waals surface area contributed by atoms with E-state index < -0.39 is 0 Å². The molecule has 0 saturated heterocycles. The third-order valence-corrected chi connectivity index (χ3v) is 5.45. The van der Waals surface area contributed by atoms with Crippen LogP contribution in [0.5, 0.6) is 5.75 Å². The maximum atomic E-state index is 13.6. The summed E-state index contributed by atoms with van der Waals surface area (Å²) in [5.41, 5.74) is 3.50. The van der Waals surface area contributed by atoms with Crippen LogP contribution in [0.4, 0.5) is 4.39 Å². The van der Waals surface area contributed by atoms with Crippen molar-refractivity contribution in [2.45, 2.75) is 25.6 Å². The van der Waals surface area contributed by atoms with Crippen LogP contribution in [0.2, 0.25) is 5.02 Å². The van der Waals surface area contributed by atoms with Crippen LogP contribution in [0.15, 0.2) is 60.8 Å². The minimum Gasteiger partial charge on any atom is -0.497 e. The van der Waals surface area contributed by atoms with Crippen LogP contribution in [-0.4, -0.2) is 23.1 Å². The Labute approximate surface area is 163 Å². The Morgan fingerprint density at radius 2 is 1.93 bits per heavy atom. The van der Waals surface area contributed by atoms with E-state index in [4.69, 9.17) is 16.3 Å². The van der Waals surface area contributed by atoms with Gasteiger partial charge in [-0.15, -0.1) is 0 Å². The van der Waals surface area contributed by atoms with Crippen LogP contribution in [0.25, 0.3) is 0 Å². The van der Waals surface area contributed by atoms with Crippen molar-refractivity contribution in [3.8, 4) is 5.75 Å². The first-order valence-corrected chi connectivity index (χ1v) is 9.50. The SMILES string of the molecule is COc1ccc([C@H]2c3cccn3CCCN2Cc2ccc(F)c(Cl)c2)cc1. The van der Waals surface area contributed by atoms with Crippen LogP contribution >= 0.6 is 11.6 Å². The molecule has 0 aliphatic carbocycles. The summed E-state index contributed by atoms with van der Waals surface area (Å²) in [6.07, 6.45) is 3.20. The number of ether oxygens (including phenoxy) is 1. The fraction of sp³-hybridized carbons (Fsp3) is 0.273. The molecule has 0 radical (unpaired) electrons. The van der Waals surface area contributed by atoms with Crippen molar-refractivity contribution >= 4 is 11.6 Å². The minimum absolute atomic E-state index is 0.122. The van der Waals surface area contributed by atoms with E-state index in [1.807, 2.05) is 18.2 Å². The van der Waals surface area contributed by atoms with Gasteiger partial charge in [0.1, 0.15) is 11.6 Å². The fourth-order valence-electron chi connectivity index (χ4n) is 3.85. The molecule has 3 aromatic rings. The Morgan fingerprint density at radius 3 is 2.67 bits per heavy atom. The third kappa shape index (κ3) is 3.73. The summed E-state index contributed by atoms with van der Waals surface area (Å²) in [5, 5.41) is 0.173. The number of aryl methyl sites for hydroxylation is 1. The first-order chi connectivity index (χ1) is 13.2. The van der Waals surface area contributed by atoms with E-state index >= 15 is 0 Å². The Kier molecular flexibility index (Phi) is 5.19. The van der Waals surface area contributed by atoms with Gasteiger partial charge in [-0.2, -0.15) is 0 Å². The molecule has 4 rings (SSSR count). The molecule has 0 saturated carbocycles. The van der Waals surface area contributed by atoms with Gasteiger partial charge in [0.2, 0.25) is 0 Å². The Morgan fingerprint density at radius 1 is 1.11 bits per heavy atom. The minimum atomic E-state index is -0.378. The summed E-state index contributed by atoms with van der Waals surface area (Å²) in [6.45, 7) is 2.66. The van der Waals surface area contributed by atoms with E-state index in [1.54, 1.807) is 13.2 Å². The van der Waals surface area contributed by atoms with E-state index in [0.29, 0.717) is 6.54 Å². The predicted octanol–water partition coefficient (Wildman–Crippen LogP) is 5.28. The highest BCUT2D eigenvalue weighted by atomic mass is 35.5. The van der Waals surface area contributed by atoms with Crippen molar-refractivity contribution in [1.82, 2.24) is 9.47 Å². The molecule has 1 aliphatic heterocycles. The fourth-order valence-corrected chi connectivity index (χ4v) is 4.05. The number of nitrogens with zero attached hydrogens (tertiary/aromatic N) is 2. The lowest BCUT2D eigenvalue weighted by Gasteiger charge is -2.31. The van der Waals surface area contributed by atoms with E-state index in [9.17, 15) is 4.39 Å². The van der Waals surface area contributed by atoms with Gasteiger partial charge in [0.05, 0.1) is 18.2 Å². The lowest BCUT2D eigenvalue weighted by atomic mass is 10.0. The first kappa shape index (κ1) is 18.1. The highest BCUT2D eigenvalue weighted by Crippen LogP contribution is 2.34. The summed E-state index contributed by atoms with van der Waals surface area (Å²) in [6, 6.07) is 17.6. The molecule has 140 valence electrons. The number of aromatic nitrogens is 1. The van der Waals surface area contributed by atoms with Crippen molar-refractivity contribution < 1.29 is 9.13 Å². The van der Waals surface area contributed by atoms with Gasteiger partial charge in [0, 0.05) is 31.5 Å². The number of hydrogen-bond acceptors (Lipinski definition) is 2. The summed E-state index contributed by atoms with van der Waals surface area (Å²) in [4.78, 5) is 2.43. The zero-order valence-electron chi connectivity index (χ0n) is 15.2.